The van der Waals surface area contributed by atoms with Gasteiger partial charge in [0.25, 0.3) is 0 Å². The monoisotopic (exact) mass is 291 g/mol. The van der Waals surface area contributed by atoms with Gasteiger partial charge in [0.15, 0.2) is 0 Å². The molecular weight excluding hydrogens is 262 g/mol. The molecule has 0 spiro atoms. The zero-order valence-corrected chi connectivity index (χ0v) is 13.8. The second-order valence-corrected chi connectivity index (χ2v) is 6.05. The van der Waals surface area contributed by atoms with E-state index in [1.54, 1.807) is 7.11 Å². The van der Waals surface area contributed by atoms with Crippen LogP contribution in [0.3, 0.4) is 0 Å². The van der Waals surface area contributed by atoms with E-state index in [0.29, 0.717) is 6.04 Å². The molecule has 0 aromatic heterocycles. The highest BCUT2D eigenvalue weighted by atomic mass is 16.5. The molecule has 1 fully saturated rings. The van der Waals surface area contributed by atoms with Gasteiger partial charge in [0, 0.05) is 36.4 Å². The molecule has 1 aliphatic heterocycles. The summed E-state index contributed by atoms with van der Waals surface area (Å²) < 4.78 is 5.54. The predicted molar refractivity (Wildman–Crippen MR) is 89.1 cm³/mol. The van der Waals surface area contributed by atoms with Gasteiger partial charge < -0.3 is 20.3 Å². The summed E-state index contributed by atoms with van der Waals surface area (Å²) in [5, 5.41) is 0. The third kappa shape index (κ3) is 3.50. The molecule has 0 bridgehead atoms. The van der Waals surface area contributed by atoms with Crippen molar-refractivity contribution in [3.05, 3.63) is 23.8 Å². The quantitative estimate of drug-likeness (QED) is 0.926. The fourth-order valence-corrected chi connectivity index (χ4v) is 3.33. The molecule has 4 nitrogen and oxygen atoms in total. The minimum Gasteiger partial charge on any atom is -0.496 e. The second-order valence-electron chi connectivity index (χ2n) is 6.05. The van der Waals surface area contributed by atoms with Crippen LogP contribution >= 0.6 is 0 Å². The minimum absolute atomic E-state index is 0.0327. The van der Waals surface area contributed by atoms with E-state index in [-0.39, 0.29) is 6.04 Å². The summed E-state index contributed by atoms with van der Waals surface area (Å²) in [5.74, 6) is 0.898. The lowest BCUT2D eigenvalue weighted by Gasteiger charge is -2.35. The lowest BCUT2D eigenvalue weighted by atomic mass is 10.0. The van der Waals surface area contributed by atoms with Gasteiger partial charge in [-0.3, -0.25) is 0 Å². The van der Waals surface area contributed by atoms with Crippen LogP contribution in [0, 0.1) is 0 Å². The Kier molecular flexibility index (Phi) is 5.48. The van der Waals surface area contributed by atoms with E-state index in [0.717, 1.165) is 37.4 Å². The average molecular weight is 291 g/mol. The van der Waals surface area contributed by atoms with Gasteiger partial charge in [-0.25, -0.2) is 0 Å². The lowest BCUT2D eigenvalue weighted by molar-refractivity contribution is 0.328. The summed E-state index contributed by atoms with van der Waals surface area (Å²) >= 11 is 0. The fourth-order valence-electron chi connectivity index (χ4n) is 3.33. The van der Waals surface area contributed by atoms with Crippen molar-refractivity contribution in [3.8, 4) is 5.75 Å². The van der Waals surface area contributed by atoms with Crippen molar-refractivity contribution in [3.63, 3.8) is 0 Å². The van der Waals surface area contributed by atoms with Gasteiger partial charge in [0.05, 0.1) is 7.11 Å². The van der Waals surface area contributed by atoms with Gasteiger partial charge >= 0.3 is 0 Å². The van der Waals surface area contributed by atoms with Crippen molar-refractivity contribution in [1.82, 2.24) is 4.90 Å². The highest BCUT2D eigenvalue weighted by molar-refractivity contribution is 5.61. The maximum Gasteiger partial charge on any atom is 0.125 e. The van der Waals surface area contributed by atoms with Crippen molar-refractivity contribution in [2.45, 2.75) is 38.8 Å². The Hall–Kier alpha value is -1.26. The zero-order valence-electron chi connectivity index (χ0n) is 13.8. The van der Waals surface area contributed by atoms with Gasteiger partial charge in [-0.1, -0.05) is 13.0 Å². The van der Waals surface area contributed by atoms with Gasteiger partial charge in [-0.15, -0.1) is 0 Å². The molecule has 2 atom stereocenters. The van der Waals surface area contributed by atoms with Crippen LogP contribution in [0.25, 0.3) is 0 Å². The van der Waals surface area contributed by atoms with Crippen LogP contribution in [0.15, 0.2) is 18.2 Å². The largest absolute Gasteiger partial charge is 0.496 e. The Morgan fingerprint density at radius 3 is 2.76 bits per heavy atom. The van der Waals surface area contributed by atoms with Crippen molar-refractivity contribution in [1.29, 1.82) is 0 Å². The first-order valence-electron chi connectivity index (χ1n) is 7.96. The van der Waals surface area contributed by atoms with E-state index in [1.807, 2.05) is 13.0 Å². The molecule has 0 saturated carbocycles. The van der Waals surface area contributed by atoms with Gasteiger partial charge in [0.1, 0.15) is 5.75 Å². The number of nitrogens with two attached hydrogens (primary N) is 1. The summed E-state index contributed by atoms with van der Waals surface area (Å²) in [6.07, 6.45) is 2.32. The molecule has 2 N–H and O–H groups in total. The summed E-state index contributed by atoms with van der Waals surface area (Å²) in [5.41, 5.74) is 8.60. The van der Waals surface area contributed by atoms with Gasteiger partial charge in [0.2, 0.25) is 0 Å². The second kappa shape index (κ2) is 7.14. The molecular formula is C17H29N3O. The third-order valence-electron chi connectivity index (χ3n) is 4.40. The SMILES string of the molecule is CCC1CN(C)CCCN1c1cccc(OC)c1C(C)N. The number of methoxy groups -OCH3 is 1. The molecule has 0 aliphatic carbocycles. The highest BCUT2D eigenvalue weighted by Crippen LogP contribution is 2.35. The van der Waals surface area contributed by atoms with Crippen molar-refractivity contribution in [2.24, 2.45) is 5.73 Å². The number of likely N-dealkylation sites (N-methyl/N-ethyl adjacent to an activating group) is 1. The Labute approximate surface area is 128 Å². The molecule has 1 heterocycles. The molecule has 118 valence electrons. The number of nitrogens with zero attached hydrogens (tertiary/aromatic N) is 2. The Morgan fingerprint density at radius 2 is 2.14 bits per heavy atom. The van der Waals surface area contributed by atoms with Crippen LogP contribution in [0.5, 0.6) is 5.75 Å². The van der Waals surface area contributed by atoms with Crippen molar-refractivity contribution < 1.29 is 4.74 Å². The van der Waals surface area contributed by atoms with Crippen molar-refractivity contribution in [2.75, 3.05) is 38.7 Å². The van der Waals surface area contributed by atoms with E-state index < -0.39 is 0 Å². The Morgan fingerprint density at radius 1 is 1.38 bits per heavy atom. The van der Waals surface area contributed by atoms with E-state index in [9.17, 15) is 0 Å². The summed E-state index contributed by atoms with van der Waals surface area (Å²) in [6, 6.07) is 6.76. The summed E-state index contributed by atoms with van der Waals surface area (Å²) in [4.78, 5) is 4.96. The first kappa shape index (κ1) is 16.1. The lowest BCUT2D eigenvalue weighted by Crippen LogP contribution is -2.40. The fraction of sp³-hybridized carbons (Fsp3) is 0.647. The molecule has 0 radical (unpaired) electrons. The van der Waals surface area contributed by atoms with E-state index in [2.05, 4.69) is 35.9 Å². The van der Waals surface area contributed by atoms with E-state index in [4.69, 9.17) is 10.5 Å². The number of ether oxygens (including phenoxy) is 1. The summed E-state index contributed by atoms with van der Waals surface area (Å²) in [6.45, 7) is 7.64. The molecule has 0 amide bonds. The highest BCUT2D eigenvalue weighted by Gasteiger charge is 2.26. The molecule has 2 unspecified atom stereocenters. The predicted octanol–water partition coefficient (Wildman–Crippen LogP) is 2.64. The standard InChI is InChI=1S/C17H29N3O/c1-5-14-12-19(3)10-7-11-20(14)15-8-6-9-16(21-4)17(15)13(2)18/h6,8-9,13-14H,5,7,10-12,18H2,1-4H3. The number of hydrogen-bond donors (Lipinski definition) is 1. The van der Waals surface area contributed by atoms with Gasteiger partial charge in [-0.05, 0) is 45.5 Å². The number of anilines is 1. The van der Waals surface area contributed by atoms with Crippen molar-refractivity contribution >= 4 is 5.69 Å². The van der Waals surface area contributed by atoms with E-state index in [1.165, 1.54) is 12.1 Å². The van der Waals surface area contributed by atoms with E-state index >= 15 is 0 Å². The van der Waals surface area contributed by atoms with Crippen LogP contribution in [0.4, 0.5) is 5.69 Å². The number of rotatable bonds is 4. The molecule has 4 heteroatoms. The smallest absolute Gasteiger partial charge is 0.125 e. The molecule has 1 aliphatic rings. The van der Waals surface area contributed by atoms with Crippen LogP contribution in [-0.2, 0) is 0 Å². The molecule has 2 rings (SSSR count). The molecule has 1 aromatic rings. The number of benzene rings is 1. The Bertz CT molecular complexity index is 461. The van der Waals surface area contributed by atoms with Gasteiger partial charge in [-0.2, -0.15) is 0 Å². The average Bonchev–Trinajstić information content (AvgIpc) is 2.67. The van der Waals surface area contributed by atoms with Crippen LogP contribution in [0.2, 0.25) is 0 Å². The zero-order chi connectivity index (χ0) is 15.4. The maximum atomic E-state index is 6.23. The Balaban J connectivity index is 2.43. The molecule has 1 aromatic carbocycles. The molecule has 21 heavy (non-hydrogen) atoms. The van der Waals surface area contributed by atoms with Crippen LogP contribution in [0.1, 0.15) is 38.3 Å². The normalized spacial score (nSPS) is 22.0. The maximum absolute atomic E-state index is 6.23. The first-order chi connectivity index (χ1) is 10.1. The van der Waals surface area contributed by atoms with Crippen LogP contribution < -0.4 is 15.4 Å². The van der Waals surface area contributed by atoms with Crippen LogP contribution in [-0.4, -0.2) is 44.7 Å². The third-order valence-corrected chi connectivity index (χ3v) is 4.40. The minimum atomic E-state index is -0.0327. The summed E-state index contributed by atoms with van der Waals surface area (Å²) in [7, 11) is 3.93. The first-order valence-corrected chi connectivity index (χ1v) is 7.96. The number of hydrogen-bond acceptors (Lipinski definition) is 4. The topological polar surface area (TPSA) is 41.7 Å². The molecule has 1 saturated heterocycles.